The first-order chi connectivity index (χ1) is 2.41. The Labute approximate surface area is 53.5 Å². The van der Waals surface area contributed by atoms with Crippen molar-refractivity contribution in [1.82, 2.24) is 0 Å². The summed E-state index contributed by atoms with van der Waals surface area (Å²) in [6.07, 6.45) is 1.58. The molecule has 0 saturated heterocycles. The van der Waals surface area contributed by atoms with Gasteiger partial charge in [0, 0.05) is 6.21 Å². The topological polar surface area (TPSA) is 21.6 Å². The van der Waals surface area contributed by atoms with Gasteiger partial charge in [0.1, 0.15) is 7.11 Å². The molecule has 54 valence electrons. The molecule has 2 nitrogen and oxygen atoms in total. The van der Waals surface area contributed by atoms with E-state index in [1.54, 1.807) is 13.1 Å². The van der Waals surface area contributed by atoms with Crippen LogP contribution in [0.1, 0.15) is 29.2 Å². The van der Waals surface area contributed by atoms with Crippen molar-refractivity contribution in [2.75, 3.05) is 7.11 Å². The van der Waals surface area contributed by atoms with Gasteiger partial charge in [-0.25, -0.2) is 0 Å². The minimum absolute atomic E-state index is 0. The third-order valence-corrected chi connectivity index (χ3v) is 0.211. The molecule has 0 amide bonds. The molecule has 0 fully saturated rings. The molecule has 0 atom stereocenters. The largest absolute Gasteiger partial charge is 0.399 e. The van der Waals surface area contributed by atoms with Crippen molar-refractivity contribution in [3.8, 4) is 0 Å². The van der Waals surface area contributed by atoms with Crippen LogP contribution < -0.4 is 0 Å². The summed E-state index contributed by atoms with van der Waals surface area (Å²) in [5.74, 6) is 0. The van der Waals surface area contributed by atoms with Gasteiger partial charge in [-0.1, -0.05) is 22.3 Å². The van der Waals surface area contributed by atoms with Crippen LogP contribution in [0.2, 0.25) is 0 Å². The SMILES string of the molecule is C.C.C.CC=NOC. The van der Waals surface area contributed by atoms with Crippen LogP contribution in [0.15, 0.2) is 5.16 Å². The summed E-state index contributed by atoms with van der Waals surface area (Å²) in [4.78, 5) is 4.26. The van der Waals surface area contributed by atoms with Gasteiger partial charge in [-0.15, -0.1) is 5.16 Å². The maximum Gasteiger partial charge on any atom is 0.106 e. The van der Waals surface area contributed by atoms with E-state index in [0.717, 1.165) is 0 Å². The van der Waals surface area contributed by atoms with Gasteiger partial charge in [0.25, 0.3) is 0 Å². The summed E-state index contributed by atoms with van der Waals surface area (Å²) in [6, 6.07) is 0. The molecule has 0 heterocycles. The predicted octanol–water partition coefficient (Wildman–Crippen LogP) is 2.55. The highest BCUT2D eigenvalue weighted by atomic mass is 16.6. The molecule has 0 spiro atoms. The maximum absolute atomic E-state index is 4.26. The molecule has 0 unspecified atom stereocenters. The fourth-order valence-electron chi connectivity index (χ4n) is 0.105. The molecule has 0 saturated carbocycles. The van der Waals surface area contributed by atoms with Crippen molar-refractivity contribution < 1.29 is 4.84 Å². The molecule has 8 heavy (non-hydrogen) atoms. The smallest absolute Gasteiger partial charge is 0.106 e. The molecule has 0 rings (SSSR count). The number of rotatable bonds is 1. The van der Waals surface area contributed by atoms with Crippen molar-refractivity contribution >= 4 is 6.21 Å². The summed E-state index contributed by atoms with van der Waals surface area (Å²) in [7, 11) is 1.51. The second kappa shape index (κ2) is 31.7. The lowest BCUT2D eigenvalue weighted by Gasteiger charge is -1.75. The number of hydrogen-bond donors (Lipinski definition) is 0. The highest BCUT2D eigenvalue weighted by Crippen LogP contribution is 1.56. The van der Waals surface area contributed by atoms with Crippen LogP contribution in [0.25, 0.3) is 0 Å². The van der Waals surface area contributed by atoms with Crippen molar-refractivity contribution in [2.45, 2.75) is 29.2 Å². The predicted molar refractivity (Wildman–Crippen MR) is 41.4 cm³/mol. The Kier molecular flexibility index (Phi) is 103. The Hall–Kier alpha value is -0.530. The molecule has 0 aromatic carbocycles. The summed E-state index contributed by atoms with van der Waals surface area (Å²) in [5, 5.41) is 3.35. The lowest BCUT2D eigenvalue weighted by atomic mass is 10.9. The molecule has 2 heteroatoms. The molecule has 0 bridgehead atoms. The Morgan fingerprint density at radius 1 is 1.25 bits per heavy atom. The molecular formula is C6H19NO. The van der Waals surface area contributed by atoms with Crippen LogP contribution in [0.4, 0.5) is 0 Å². The van der Waals surface area contributed by atoms with Gasteiger partial charge >= 0.3 is 0 Å². The third-order valence-electron chi connectivity index (χ3n) is 0.211. The molecule has 0 aliphatic heterocycles. The summed E-state index contributed by atoms with van der Waals surface area (Å²) < 4.78 is 0. The first-order valence-corrected chi connectivity index (χ1v) is 1.43. The van der Waals surface area contributed by atoms with E-state index in [-0.39, 0.29) is 22.3 Å². The van der Waals surface area contributed by atoms with Gasteiger partial charge in [-0.2, -0.15) is 0 Å². The van der Waals surface area contributed by atoms with E-state index in [4.69, 9.17) is 0 Å². The zero-order valence-electron chi connectivity index (χ0n) is 3.43. The van der Waals surface area contributed by atoms with Crippen LogP contribution in [0.3, 0.4) is 0 Å². The lowest BCUT2D eigenvalue weighted by molar-refractivity contribution is 0.215. The standard InChI is InChI=1S/C3H7NO.3CH4/c1-3-4-5-2;;;/h3H,1-2H3;3*1H4. The quantitative estimate of drug-likeness (QED) is 0.386. The highest BCUT2D eigenvalue weighted by Gasteiger charge is 1.46. The second-order valence-corrected chi connectivity index (χ2v) is 0.546. The molecule has 0 aliphatic rings. The van der Waals surface area contributed by atoms with Gasteiger partial charge in [0.05, 0.1) is 0 Å². The van der Waals surface area contributed by atoms with Crippen LogP contribution in [-0.4, -0.2) is 13.3 Å². The van der Waals surface area contributed by atoms with Gasteiger partial charge in [-0.3, -0.25) is 0 Å². The van der Waals surface area contributed by atoms with E-state index < -0.39 is 0 Å². The van der Waals surface area contributed by atoms with Gasteiger partial charge in [0.2, 0.25) is 0 Å². The van der Waals surface area contributed by atoms with Crippen LogP contribution in [0, 0.1) is 0 Å². The molecular weight excluding hydrogens is 102 g/mol. The fourth-order valence-corrected chi connectivity index (χ4v) is 0.105. The average molecular weight is 121 g/mol. The zero-order valence-corrected chi connectivity index (χ0v) is 3.43. The minimum atomic E-state index is 0. The zero-order chi connectivity index (χ0) is 4.12. The van der Waals surface area contributed by atoms with E-state index in [1.807, 2.05) is 0 Å². The van der Waals surface area contributed by atoms with E-state index >= 15 is 0 Å². The lowest BCUT2D eigenvalue weighted by Crippen LogP contribution is -1.63. The van der Waals surface area contributed by atoms with Crippen molar-refractivity contribution in [3.63, 3.8) is 0 Å². The first-order valence-electron chi connectivity index (χ1n) is 1.43. The molecule has 0 N–H and O–H groups in total. The van der Waals surface area contributed by atoms with Gasteiger partial charge in [0.15, 0.2) is 0 Å². The summed E-state index contributed by atoms with van der Waals surface area (Å²) in [6.45, 7) is 1.80. The number of oxime groups is 1. The Balaban J connectivity index is -0.0000000267. The normalized spacial score (nSPS) is 5.75. The first kappa shape index (κ1) is 26.0. The molecule has 0 aromatic heterocycles. The van der Waals surface area contributed by atoms with Crippen LogP contribution in [-0.2, 0) is 4.84 Å². The van der Waals surface area contributed by atoms with Crippen LogP contribution in [0.5, 0.6) is 0 Å². The average Bonchev–Trinajstić information content (AvgIpc) is 1.41. The fraction of sp³-hybridized carbons (Fsp3) is 0.833. The van der Waals surface area contributed by atoms with E-state index in [2.05, 4.69) is 9.99 Å². The van der Waals surface area contributed by atoms with Gasteiger partial charge in [-0.05, 0) is 6.92 Å². The summed E-state index contributed by atoms with van der Waals surface area (Å²) in [5.41, 5.74) is 0. The Bertz CT molecular complexity index is 35.5. The summed E-state index contributed by atoms with van der Waals surface area (Å²) >= 11 is 0. The Morgan fingerprint density at radius 3 is 1.62 bits per heavy atom. The Morgan fingerprint density at radius 2 is 1.62 bits per heavy atom. The molecule has 0 radical (unpaired) electrons. The van der Waals surface area contributed by atoms with E-state index in [0.29, 0.717) is 0 Å². The van der Waals surface area contributed by atoms with Crippen molar-refractivity contribution in [1.29, 1.82) is 0 Å². The van der Waals surface area contributed by atoms with Crippen molar-refractivity contribution in [2.24, 2.45) is 5.16 Å². The van der Waals surface area contributed by atoms with E-state index in [9.17, 15) is 0 Å². The number of hydrogen-bond acceptors (Lipinski definition) is 2. The minimum Gasteiger partial charge on any atom is -0.399 e. The second-order valence-electron chi connectivity index (χ2n) is 0.546. The molecule has 0 aromatic rings. The number of nitrogens with zero attached hydrogens (tertiary/aromatic N) is 1. The third kappa shape index (κ3) is 50.6. The van der Waals surface area contributed by atoms with Gasteiger partial charge < -0.3 is 4.84 Å². The maximum atomic E-state index is 4.26. The van der Waals surface area contributed by atoms with Crippen LogP contribution >= 0.6 is 0 Å². The van der Waals surface area contributed by atoms with Crippen molar-refractivity contribution in [3.05, 3.63) is 0 Å². The monoisotopic (exact) mass is 121 g/mol. The molecule has 0 aliphatic carbocycles. The van der Waals surface area contributed by atoms with E-state index in [1.165, 1.54) is 7.11 Å². The highest BCUT2D eigenvalue weighted by molar-refractivity contribution is 5.52.